The molecular formula is C23H20FN3O3. The Morgan fingerprint density at radius 1 is 1.00 bits per heavy atom. The van der Waals surface area contributed by atoms with E-state index in [1.165, 1.54) is 6.07 Å². The van der Waals surface area contributed by atoms with Crippen molar-refractivity contribution in [3.8, 4) is 0 Å². The van der Waals surface area contributed by atoms with E-state index in [0.717, 1.165) is 16.5 Å². The number of furan rings is 1. The van der Waals surface area contributed by atoms with Crippen molar-refractivity contribution in [2.45, 2.75) is 6.42 Å². The molecule has 30 heavy (non-hydrogen) atoms. The molecule has 7 heteroatoms. The van der Waals surface area contributed by atoms with Gasteiger partial charge in [-0.25, -0.2) is 4.39 Å². The second-order valence-corrected chi connectivity index (χ2v) is 7.48. The number of fused-ring (bicyclic) bond motifs is 2. The minimum Gasteiger partial charge on any atom is -0.448 e. The summed E-state index contributed by atoms with van der Waals surface area (Å²) in [6.07, 6.45) is 2.20. The van der Waals surface area contributed by atoms with E-state index < -0.39 is 5.82 Å². The number of carbonyl (C=O) groups is 2. The predicted octanol–water partition coefficient (Wildman–Crippen LogP) is 3.58. The number of para-hydroxylation sites is 2. The molecule has 1 N–H and O–H groups in total. The number of rotatable bonds is 3. The van der Waals surface area contributed by atoms with Crippen LogP contribution in [0.25, 0.3) is 21.9 Å². The number of nitrogens with zero attached hydrogens (tertiary/aromatic N) is 2. The monoisotopic (exact) mass is 405 g/mol. The Hall–Kier alpha value is -3.61. The molecular weight excluding hydrogens is 385 g/mol. The minimum atomic E-state index is -0.487. The first-order valence-electron chi connectivity index (χ1n) is 9.90. The third-order valence-corrected chi connectivity index (χ3v) is 5.64. The van der Waals surface area contributed by atoms with Crippen LogP contribution < -0.4 is 0 Å². The number of piperazine rings is 1. The van der Waals surface area contributed by atoms with E-state index in [9.17, 15) is 14.0 Å². The normalized spacial score (nSPS) is 14.6. The van der Waals surface area contributed by atoms with E-state index in [4.69, 9.17) is 4.42 Å². The van der Waals surface area contributed by atoms with Crippen LogP contribution >= 0.6 is 0 Å². The third kappa shape index (κ3) is 3.22. The summed E-state index contributed by atoms with van der Waals surface area (Å²) in [7, 11) is 0. The molecule has 0 bridgehead atoms. The molecule has 0 spiro atoms. The van der Waals surface area contributed by atoms with Crippen LogP contribution in [0.2, 0.25) is 0 Å². The van der Waals surface area contributed by atoms with Crippen LogP contribution in [-0.4, -0.2) is 52.8 Å². The summed E-state index contributed by atoms with van der Waals surface area (Å²) < 4.78 is 19.3. The lowest BCUT2D eigenvalue weighted by atomic mass is 10.1. The largest absolute Gasteiger partial charge is 0.448 e. The third-order valence-electron chi connectivity index (χ3n) is 5.64. The molecule has 2 aromatic heterocycles. The summed E-state index contributed by atoms with van der Waals surface area (Å²) in [4.78, 5) is 32.1. The van der Waals surface area contributed by atoms with Crippen molar-refractivity contribution < 1.29 is 18.4 Å². The zero-order valence-electron chi connectivity index (χ0n) is 16.2. The summed E-state index contributed by atoms with van der Waals surface area (Å²) in [5.41, 5.74) is 2.07. The van der Waals surface area contributed by atoms with Gasteiger partial charge in [0.05, 0.1) is 6.42 Å². The van der Waals surface area contributed by atoms with Gasteiger partial charge in [0.2, 0.25) is 5.91 Å². The van der Waals surface area contributed by atoms with Gasteiger partial charge in [-0.1, -0.05) is 30.3 Å². The average Bonchev–Trinajstić information content (AvgIpc) is 3.39. The fraction of sp³-hybridized carbons (Fsp3) is 0.217. The van der Waals surface area contributed by atoms with E-state index in [0.29, 0.717) is 38.0 Å². The van der Waals surface area contributed by atoms with Crippen molar-refractivity contribution in [2.75, 3.05) is 26.2 Å². The number of amides is 2. The molecule has 2 aromatic carbocycles. The number of H-pyrrole nitrogens is 1. The van der Waals surface area contributed by atoms with E-state index in [2.05, 4.69) is 4.98 Å². The number of halogens is 1. The molecule has 0 unspecified atom stereocenters. The maximum Gasteiger partial charge on any atom is 0.289 e. The highest BCUT2D eigenvalue weighted by atomic mass is 19.1. The topological polar surface area (TPSA) is 69.6 Å². The Labute approximate surface area is 171 Å². The van der Waals surface area contributed by atoms with Crippen LogP contribution in [0.5, 0.6) is 0 Å². The first-order valence-corrected chi connectivity index (χ1v) is 9.90. The number of nitrogens with one attached hydrogen (secondary N) is 1. The standard InChI is InChI=1S/C23H20FN3O3/c24-18-6-3-4-15-12-20(30-22(15)18)23(29)27-10-8-26(9-11-27)21(28)13-16-14-25-19-7-2-1-5-17(16)19/h1-7,12,14,25H,8-11,13H2. The number of carbonyl (C=O) groups excluding carboxylic acids is 2. The molecule has 1 fully saturated rings. The Bertz CT molecular complexity index is 1250. The molecule has 5 rings (SSSR count). The molecule has 1 saturated heterocycles. The summed E-state index contributed by atoms with van der Waals surface area (Å²) in [5.74, 6) is -0.611. The van der Waals surface area contributed by atoms with Gasteiger partial charge in [0.15, 0.2) is 17.2 Å². The van der Waals surface area contributed by atoms with Gasteiger partial charge in [-0.2, -0.15) is 0 Å². The highest BCUT2D eigenvalue weighted by molar-refractivity contribution is 5.96. The molecule has 152 valence electrons. The molecule has 0 saturated carbocycles. The van der Waals surface area contributed by atoms with Gasteiger partial charge in [-0.15, -0.1) is 0 Å². The van der Waals surface area contributed by atoms with Crippen molar-refractivity contribution in [3.63, 3.8) is 0 Å². The zero-order chi connectivity index (χ0) is 20.7. The van der Waals surface area contributed by atoms with Crippen molar-refractivity contribution in [1.29, 1.82) is 0 Å². The second kappa shape index (κ2) is 7.33. The summed E-state index contributed by atoms with van der Waals surface area (Å²) in [6.45, 7) is 1.75. The van der Waals surface area contributed by atoms with Gasteiger partial charge in [-0.3, -0.25) is 9.59 Å². The van der Waals surface area contributed by atoms with Gasteiger partial charge >= 0.3 is 0 Å². The van der Waals surface area contributed by atoms with Crippen molar-refractivity contribution in [3.05, 3.63) is 71.9 Å². The smallest absolute Gasteiger partial charge is 0.289 e. The van der Waals surface area contributed by atoms with Crippen molar-refractivity contribution >= 4 is 33.7 Å². The molecule has 1 aliphatic rings. The lowest BCUT2D eigenvalue weighted by Gasteiger charge is -2.34. The van der Waals surface area contributed by atoms with Crippen molar-refractivity contribution in [1.82, 2.24) is 14.8 Å². The van der Waals surface area contributed by atoms with E-state index in [-0.39, 0.29) is 23.2 Å². The number of hydrogen-bond acceptors (Lipinski definition) is 3. The van der Waals surface area contributed by atoms with E-state index in [1.807, 2.05) is 30.5 Å². The van der Waals surface area contributed by atoms with Gasteiger partial charge in [0.25, 0.3) is 5.91 Å². The van der Waals surface area contributed by atoms with Gasteiger partial charge < -0.3 is 19.2 Å². The average molecular weight is 405 g/mol. The SMILES string of the molecule is O=C(Cc1c[nH]c2ccccc12)N1CCN(C(=O)c2cc3cccc(F)c3o2)CC1. The van der Waals surface area contributed by atoms with Gasteiger partial charge in [0.1, 0.15) is 0 Å². The van der Waals surface area contributed by atoms with E-state index >= 15 is 0 Å². The van der Waals surface area contributed by atoms with Crippen molar-refractivity contribution in [2.24, 2.45) is 0 Å². The Kier molecular flexibility index (Phi) is 4.50. The van der Waals surface area contributed by atoms with Crippen LogP contribution in [0.3, 0.4) is 0 Å². The molecule has 1 aliphatic heterocycles. The zero-order valence-corrected chi connectivity index (χ0v) is 16.2. The molecule has 0 aliphatic carbocycles. The highest BCUT2D eigenvalue weighted by Crippen LogP contribution is 2.24. The lowest BCUT2D eigenvalue weighted by Crippen LogP contribution is -2.50. The molecule has 3 heterocycles. The highest BCUT2D eigenvalue weighted by Gasteiger charge is 2.27. The van der Waals surface area contributed by atoms with Crippen LogP contribution in [0.15, 0.2) is 59.1 Å². The maximum atomic E-state index is 13.8. The van der Waals surface area contributed by atoms with Crippen LogP contribution in [0.1, 0.15) is 16.1 Å². The summed E-state index contributed by atoms with van der Waals surface area (Å²) >= 11 is 0. The first-order chi connectivity index (χ1) is 14.6. The summed E-state index contributed by atoms with van der Waals surface area (Å²) in [6, 6.07) is 14.1. The Morgan fingerprint density at radius 2 is 1.77 bits per heavy atom. The molecule has 0 atom stereocenters. The number of benzene rings is 2. The van der Waals surface area contributed by atoms with E-state index in [1.54, 1.807) is 28.0 Å². The molecule has 2 amide bonds. The number of aromatic nitrogens is 1. The predicted molar refractivity (Wildman–Crippen MR) is 111 cm³/mol. The second-order valence-electron chi connectivity index (χ2n) is 7.48. The minimum absolute atomic E-state index is 0.0395. The quantitative estimate of drug-likeness (QED) is 0.566. The maximum absolute atomic E-state index is 13.8. The number of aromatic amines is 1. The van der Waals surface area contributed by atoms with Crippen LogP contribution in [0.4, 0.5) is 4.39 Å². The molecule has 6 nitrogen and oxygen atoms in total. The fourth-order valence-corrected chi connectivity index (χ4v) is 4.00. The lowest BCUT2D eigenvalue weighted by molar-refractivity contribution is -0.131. The Morgan fingerprint density at radius 3 is 2.57 bits per heavy atom. The first kappa shape index (κ1) is 18.4. The molecule has 0 radical (unpaired) electrons. The molecule has 4 aromatic rings. The summed E-state index contributed by atoms with van der Waals surface area (Å²) in [5, 5.41) is 1.61. The Balaban J connectivity index is 1.23. The van der Waals surface area contributed by atoms with Crippen LogP contribution in [0, 0.1) is 5.82 Å². The van der Waals surface area contributed by atoms with Gasteiger partial charge in [0, 0.05) is 48.7 Å². The number of hydrogen-bond donors (Lipinski definition) is 1. The van der Waals surface area contributed by atoms with Gasteiger partial charge in [-0.05, 0) is 23.8 Å². The fourth-order valence-electron chi connectivity index (χ4n) is 4.00. The van der Waals surface area contributed by atoms with Crippen LogP contribution in [-0.2, 0) is 11.2 Å².